The number of benzene rings is 2. The number of carbonyl (C=O) groups is 2. The van der Waals surface area contributed by atoms with Crippen molar-refractivity contribution in [2.45, 2.75) is 0 Å². The van der Waals surface area contributed by atoms with Gasteiger partial charge in [0.25, 0.3) is 11.8 Å². The highest BCUT2D eigenvalue weighted by Gasteiger charge is 2.25. The molecule has 1 heterocycles. The molecule has 0 unspecified atom stereocenters. The van der Waals surface area contributed by atoms with Gasteiger partial charge in [-0.3, -0.25) is 14.9 Å². The van der Waals surface area contributed by atoms with Gasteiger partial charge in [-0.15, -0.1) is 0 Å². The van der Waals surface area contributed by atoms with E-state index in [4.69, 9.17) is 11.5 Å². The number of imide groups is 1. The summed E-state index contributed by atoms with van der Waals surface area (Å²) in [7, 11) is 0. The second-order valence-electron chi connectivity index (χ2n) is 4.02. The molecule has 1 aliphatic rings. The molecule has 3 rings (SSSR count). The first-order valence-electron chi connectivity index (χ1n) is 5.04. The van der Waals surface area contributed by atoms with Gasteiger partial charge in [0.1, 0.15) is 0 Å². The zero-order valence-corrected chi connectivity index (χ0v) is 8.78. The lowest BCUT2D eigenvalue weighted by molar-refractivity contribution is 0.0845. The number of amides is 2. The zero-order chi connectivity index (χ0) is 12.2. The monoisotopic (exact) mass is 227 g/mol. The summed E-state index contributed by atoms with van der Waals surface area (Å²) in [6.07, 6.45) is 0. The summed E-state index contributed by atoms with van der Waals surface area (Å²) in [5, 5.41) is 3.58. The molecule has 2 aromatic rings. The standard InChI is InChI=1S/C12H9N3O2/c13-6-1-5-2-7(14)4-9-10(5)8(3-6)11(16)15-12(9)17/h1-4H,13-14H2,(H,15,16,17). The van der Waals surface area contributed by atoms with E-state index < -0.39 is 11.8 Å². The third kappa shape index (κ3) is 1.25. The minimum atomic E-state index is -0.426. The third-order valence-corrected chi connectivity index (χ3v) is 2.81. The summed E-state index contributed by atoms with van der Waals surface area (Å²) in [6, 6.07) is 6.52. The van der Waals surface area contributed by atoms with Crippen LogP contribution in [-0.2, 0) is 0 Å². The maximum absolute atomic E-state index is 11.7. The van der Waals surface area contributed by atoms with Crippen molar-refractivity contribution in [3.63, 3.8) is 0 Å². The van der Waals surface area contributed by atoms with Gasteiger partial charge in [-0.2, -0.15) is 0 Å². The maximum Gasteiger partial charge on any atom is 0.258 e. The smallest absolute Gasteiger partial charge is 0.258 e. The van der Waals surface area contributed by atoms with Gasteiger partial charge in [0.2, 0.25) is 0 Å². The fraction of sp³-hybridized carbons (Fsp3) is 0. The molecule has 0 bridgehead atoms. The number of rotatable bonds is 0. The molecule has 0 spiro atoms. The fourth-order valence-electron chi connectivity index (χ4n) is 2.16. The molecule has 5 heteroatoms. The fourth-order valence-corrected chi connectivity index (χ4v) is 2.16. The van der Waals surface area contributed by atoms with Crippen molar-refractivity contribution in [2.24, 2.45) is 0 Å². The summed E-state index contributed by atoms with van der Waals surface area (Å²) in [4.78, 5) is 23.4. The predicted octanol–water partition coefficient (Wildman–Crippen LogP) is 0.888. The normalized spacial score (nSPS) is 13.9. The average Bonchev–Trinajstić information content (AvgIpc) is 2.24. The van der Waals surface area contributed by atoms with Gasteiger partial charge in [0.15, 0.2) is 0 Å². The van der Waals surface area contributed by atoms with Gasteiger partial charge in [-0.05, 0) is 29.7 Å². The number of hydrogen-bond donors (Lipinski definition) is 3. The first-order chi connectivity index (χ1) is 8.06. The highest BCUT2D eigenvalue weighted by Crippen LogP contribution is 2.30. The molecule has 2 amide bonds. The lowest BCUT2D eigenvalue weighted by atomic mass is 9.94. The molecule has 0 saturated heterocycles. The minimum Gasteiger partial charge on any atom is -0.399 e. The maximum atomic E-state index is 11.7. The minimum absolute atomic E-state index is 0.412. The molecule has 0 saturated carbocycles. The Hall–Kier alpha value is -2.56. The lowest BCUT2D eigenvalue weighted by Gasteiger charge is -2.17. The van der Waals surface area contributed by atoms with Crippen LogP contribution in [0, 0.1) is 0 Å². The van der Waals surface area contributed by atoms with E-state index in [-0.39, 0.29) is 0 Å². The summed E-state index contributed by atoms with van der Waals surface area (Å²) >= 11 is 0. The molecule has 1 aliphatic heterocycles. The number of carbonyl (C=O) groups excluding carboxylic acids is 2. The number of anilines is 2. The highest BCUT2D eigenvalue weighted by atomic mass is 16.2. The van der Waals surface area contributed by atoms with Gasteiger partial charge in [0.05, 0.1) is 11.1 Å². The molecule has 17 heavy (non-hydrogen) atoms. The van der Waals surface area contributed by atoms with Crippen molar-refractivity contribution in [2.75, 3.05) is 11.5 Å². The van der Waals surface area contributed by atoms with Crippen LogP contribution in [0.2, 0.25) is 0 Å². The predicted molar refractivity (Wildman–Crippen MR) is 64.6 cm³/mol. The van der Waals surface area contributed by atoms with E-state index >= 15 is 0 Å². The van der Waals surface area contributed by atoms with Crippen molar-refractivity contribution >= 4 is 34.0 Å². The van der Waals surface area contributed by atoms with Gasteiger partial charge < -0.3 is 11.5 Å². The van der Waals surface area contributed by atoms with Crippen LogP contribution in [0.25, 0.3) is 10.8 Å². The Morgan fingerprint density at radius 1 is 0.824 bits per heavy atom. The van der Waals surface area contributed by atoms with Crippen molar-refractivity contribution in [1.82, 2.24) is 5.32 Å². The topological polar surface area (TPSA) is 98.2 Å². The quantitative estimate of drug-likeness (QED) is 0.459. The van der Waals surface area contributed by atoms with Gasteiger partial charge in [-0.25, -0.2) is 0 Å². The summed E-state index contributed by atoms with van der Waals surface area (Å²) in [5.41, 5.74) is 13.2. The van der Waals surface area contributed by atoms with Crippen LogP contribution in [-0.4, -0.2) is 11.8 Å². The van der Waals surface area contributed by atoms with Crippen LogP contribution in [0.1, 0.15) is 20.7 Å². The van der Waals surface area contributed by atoms with Gasteiger partial charge >= 0.3 is 0 Å². The third-order valence-electron chi connectivity index (χ3n) is 2.81. The second-order valence-corrected chi connectivity index (χ2v) is 4.02. The molecule has 2 aromatic carbocycles. The molecule has 84 valence electrons. The molecule has 0 atom stereocenters. The van der Waals surface area contributed by atoms with E-state index in [1.54, 1.807) is 24.3 Å². The van der Waals surface area contributed by atoms with Crippen molar-refractivity contribution < 1.29 is 9.59 Å². The number of hydrogen-bond acceptors (Lipinski definition) is 4. The SMILES string of the molecule is Nc1cc2c3c(cc(N)cc3c1)C(=O)NC2=O. The Balaban J connectivity index is 2.56. The van der Waals surface area contributed by atoms with Crippen molar-refractivity contribution in [3.05, 3.63) is 35.4 Å². The van der Waals surface area contributed by atoms with E-state index in [1.165, 1.54) is 0 Å². The first-order valence-corrected chi connectivity index (χ1v) is 5.04. The first kappa shape index (κ1) is 9.65. The summed E-state index contributed by atoms with van der Waals surface area (Å²) < 4.78 is 0. The van der Waals surface area contributed by atoms with Crippen LogP contribution in [0.3, 0.4) is 0 Å². The number of nitrogens with two attached hydrogens (primary N) is 2. The van der Waals surface area contributed by atoms with Crippen LogP contribution in [0.15, 0.2) is 24.3 Å². The van der Waals surface area contributed by atoms with E-state index in [2.05, 4.69) is 5.32 Å². The Labute approximate surface area is 96.4 Å². The lowest BCUT2D eigenvalue weighted by Crippen LogP contribution is -2.34. The molecule has 5 N–H and O–H groups in total. The Morgan fingerprint density at radius 3 is 1.76 bits per heavy atom. The molecule has 0 fully saturated rings. The van der Waals surface area contributed by atoms with Crippen LogP contribution in [0.5, 0.6) is 0 Å². The van der Waals surface area contributed by atoms with Crippen LogP contribution >= 0.6 is 0 Å². The largest absolute Gasteiger partial charge is 0.399 e. The molecular formula is C12H9N3O2. The summed E-state index contributed by atoms with van der Waals surface area (Å²) in [6.45, 7) is 0. The zero-order valence-electron chi connectivity index (χ0n) is 8.78. The van der Waals surface area contributed by atoms with E-state index in [1.807, 2.05) is 0 Å². The van der Waals surface area contributed by atoms with Crippen molar-refractivity contribution in [1.29, 1.82) is 0 Å². The molecule has 0 radical (unpaired) electrons. The molecule has 0 aliphatic carbocycles. The summed E-state index contributed by atoms with van der Waals surface area (Å²) in [5.74, 6) is -0.853. The molecular weight excluding hydrogens is 218 g/mol. The Morgan fingerprint density at radius 2 is 1.29 bits per heavy atom. The molecule has 5 nitrogen and oxygen atoms in total. The molecule has 0 aromatic heterocycles. The van der Waals surface area contributed by atoms with Crippen molar-refractivity contribution in [3.8, 4) is 0 Å². The van der Waals surface area contributed by atoms with Crippen LogP contribution < -0.4 is 16.8 Å². The number of nitrogen functional groups attached to an aromatic ring is 2. The Kier molecular flexibility index (Phi) is 1.69. The number of nitrogens with one attached hydrogen (secondary N) is 1. The van der Waals surface area contributed by atoms with E-state index in [0.717, 1.165) is 0 Å². The second kappa shape index (κ2) is 2.98. The average molecular weight is 227 g/mol. The van der Waals surface area contributed by atoms with E-state index in [9.17, 15) is 9.59 Å². The van der Waals surface area contributed by atoms with Gasteiger partial charge in [-0.1, -0.05) is 0 Å². The van der Waals surface area contributed by atoms with Crippen LogP contribution in [0.4, 0.5) is 11.4 Å². The highest BCUT2D eigenvalue weighted by molar-refractivity contribution is 6.26. The Bertz CT molecular complexity index is 637. The van der Waals surface area contributed by atoms with Gasteiger partial charge in [0, 0.05) is 16.8 Å². The van der Waals surface area contributed by atoms with E-state index in [0.29, 0.717) is 33.3 Å².